The van der Waals surface area contributed by atoms with Crippen LogP contribution in [0.5, 0.6) is 0 Å². The Hall–Kier alpha value is -2.37. The number of benzene rings is 1. The fraction of sp³-hybridized carbons (Fsp3) is 0. The smallest absolute Gasteiger partial charge is 0.258 e. The van der Waals surface area contributed by atoms with Crippen LogP contribution in [0, 0.1) is 15.9 Å². The number of aromatic nitrogens is 2. The van der Waals surface area contributed by atoms with Gasteiger partial charge in [0.05, 0.1) is 22.2 Å². The Bertz CT molecular complexity index is 531. The predicted octanol–water partition coefficient (Wildman–Crippen LogP) is 2.19. The molecule has 0 amide bonds. The van der Waals surface area contributed by atoms with Crippen molar-refractivity contribution >= 4 is 5.69 Å². The summed E-state index contributed by atoms with van der Waals surface area (Å²) in [5.74, 6) is -0.649. The van der Waals surface area contributed by atoms with Crippen LogP contribution in [-0.4, -0.2) is 14.9 Å². The van der Waals surface area contributed by atoms with Crippen LogP contribution in [0.2, 0.25) is 0 Å². The summed E-state index contributed by atoms with van der Waals surface area (Å²) in [5, 5.41) is 10.7. The average molecular weight is 219 g/mol. The third kappa shape index (κ3) is 1.85. The normalized spacial score (nSPS) is 10.1. The number of nitro benzene ring substituents is 1. The molecule has 16 heavy (non-hydrogen) atoms. The van der Waals surface area contributed by atoms with Gasteiger partial charge in [-0.3, -0.25) is 10.1 Å². The van der Waals surface area contributed by atoms with E-state index in [0.29, 0.717) is 5.69 Å². The summed E-state index contributed by atoms with van der Waals surface area (Å²) in [5.41, 5.74) is 0.356. The van der Waals surface area contributed by atoms with E-state index in [9.17, 15) is 14.5 Å². The first-order valence-electron chi connectivity index (χ1n) is 4.39. The second kappa shape index (κ2) is 4.01. The highest BCUT2D eigenvalue weighted by atomic mass is 19.1. The molecule has 0 aliphatic heterocycles. The van der Waals surface area contributed by atoms with E-state index >= 15 is 0 Å². The molecule has 2 rings (SSSR count). The fourth-order valence-electron chi connectivity index (χ4n) is 1.32. The van der Waals surface area contributed by atoms with Crippen LogP contribution in [0.25, 0.3) is 11.3 Å². The second-order valence-electron chi connectivity index (χ2n) is 3.01. The monoisotopic (exact) mass is 219 g/mol. The topological polar surface area (TPSA) is 68.9 Å². The predicted molar refractivity (Wildman–Crippen MR) is 54.1 cm³/mol. The maximum Gasteiger partial charge on any atom is 0.281 e. The van der Waals surface area contributed by atoms with Crippen LogP contribution >= 0.6 is 0 Å². The Balaban J connectivity index is 2.61. The molecule has 1 heterocycles. The van der Waals surface area contributed by atoms with Gasteiger partial charge in [0, 0.05) is 6.20 Å². The molecule has 0 fully saturated rings. The summed E-state index contributed by atoms with van der Waals surface area (Å²) in [7, 11) is 0. The maximum absolute atomic E-state index is 12.9. The number of halogens is 1. The lowest BCUT2D eigenvalue weighted by molar-refractivity contribution is -0.384. The van der Waals surface area contributed by atoms with Gasteiger partial charge in [-0.1, -0.05) is 0 Å². The summed E-state index contributed by atoms with van der Waals surface area (Å²) in [6.07, 6.45) is 2.75. The molecule has 0 radical (unpaired) electrons. The summed E-state index contributed by atoms with van der Waals surface area (Å²) in [6.45, 7) is 0. The molecule has 0 saturated carbocycles. The van der Waals surface area contributed by atoms with Gasteiger partial charge in [0.1, 0.15) is 12.1 Å². The van der Waals surface area contributed by atoms with Crippen molar-refractivity contribution < 1.29 is 9.31 Å². The molecule has 0 bridgehead atoms. The Morgan fingerprint density at radius 3 is 2.75 bits per heavy atom. The molecule has 1 aromatic heterocycles. The molecule has 5 nitrogen and oxygen atoms in total. The lowest BCUT2D eigenvalue weighted by Gasteiger charge is -2.01. The minimum absolute atomic E-state index is 0.272. The summed E-state index contributed by atoms with van der Waals surface area (Å²) < 4.78 is 12.9. The zero-order chi connectivity index (χ0) is 11.5. The third-order valence-corrected chi connectivity index (χ3v) is 2.01. The van der Waals surface area contributed by atoms with Gasteiger partial charge < -0.3 is 0 Å². The van der Waals surface area contributed by atoms with Crippen molar-refractivity contribution in [3.8, 4) is 11.3 Å². The molecule has 6 heteroatoms. The Morgan fingerprint density at radius 2 is 2.12 bits per heavy atom. The van der Waals surface area contributed by atoms with E-state index in [4.69, 9.17) is 0 Å². The Kier molecular flexibility index (Phi) is 2.55. The van der Waals surface area contributed by atoms with E-state index in [1.54, 1.807) is 0 Å². The van der Waals surface area contributed by atoms with Gasteiger partial charge in [0.15, 0.2) is 0 Å². The minimum Gasteiger partial charge on any atom is -0.258 e. The van der Waals surface area contributed by atoms with E-state index in [0.717, 1.165) is 12.1 Å². The molecule has 80 valence electrons. The van der Waals surface area contributed by atoms with E-state index in [2.05, 4.69) is 9.97 Å². The molecule has 0 spiro atoms. The van der Waals surface area contributed by atoms with Gasteiger partial charge in [-0.05, 0) is 18.2 Å². The van der Waals surface area contributed by atoms with Crippen LogP contribution in [0.1, 0.15) is 0 Å². The zero-order valence-corrected chi connectivity index (χ0v) is 8.00. The molecular formula is C10H6FN3O2. The van der Waals surface area contributed by atoms with Crippen molar-refractivity contribution in [1.29, 1.82) is 0 Å². The highest BCUT2D eigenvalue weighted by molar-refractivity contribution is 5.70. The Labute approximate surface area is 89.7 Å². The second-order valence-corrected chi connectivity index (χ2v) is 3.01. The first-order chi connectivity index (χ1) is 7.68. The first kappa shape index (κ1) is 10.2. The van der Waals surface area contributed by atoms with E-state index in [-0.39, 0.29) is 11.3 Å². The molecule has 0 N–H and O–H groups in total. The fourth-order valence-corrected chi connectivity index (χ4v) is 1.32. The van der Waals surface area contributed by atoms with Crippen molar-refractivity contribution in [2.75, 3.05) is 0 Å². The van der Waals surface area contributed by atoms with Crippen LogP contribution in [0.15, 0.2) is 36.8 Å². The largest absolute Gasteiger partial charge is 0.281 e. The molecular weight excluding hydrogens is 213 g/mol. The number of hydrogen-bond acceptors (Lipinski definition) is 4. The SMILES string of the molecule is O=[N+]([O-])c1cc(F)ccc1-c1ccncn1. The van der Waals surface area contributed by atoms with Crippen molar-refractivity contribution in [2.24, 2.45) is 0 Å². The summed E-state index contributed by atoms with van der Waals surface area (Å²) >= 11 is 0. The third-order valence-electron chi connectivity index (χ3n) is 2.01. The number of nitro groups is 1. The van der Waals surface area contributed by atoms with Gasteiger partial charge in [-0.15, -0.1) is 0 Å². The maximum atomic E-state index is 12.9. The lowest BCUT2D eigenvalue weighted by atomic mass is 10.1. The van der Waals surface area contributed by atoms with Crippen LogP contribution < -0.4 is 0 Å². The van der Waals surface area contributed by atoms with Crippen LogP contribution in [0.4, 0.5) is 10.1 Å². The molecule has 0 unspecified atom stereocenters. The molecule has 1 aromatic carbocycles. The highest BCUT2D eigenvalue weighted by Crippen LogP contribution is 2.28. The zero-order valence-electron chi connectivity index (χ0n) is 8.00. The van der Waals surface area contributed by atoms with Crippen molar-refractivity contribution in [3.63, 3.8) is 0 Å². The average Bonchev–Trinajstić information content (AvgIpc) is 2.30. The van der Waals surface area contributed by atoms with Crippen LogP contribution in [0.3, 0.4) is 0 Å². The minimum atomic E-state index is -0.649. The number of rotatable bonds is 2. The molecule has 0 aliphatic rings. The van der Waals surface area contributed by atoms with Gasteiger partial charge >= 0.3 is 0 Å². The van der Waals surface area contributed by atoms with Crippen molar-refractivity contribution in [2.45, 2.75) is 0 Å². The number of hydrogen-bond donors (Lipinski definition) is 0. The van der Waals surface area contributed by atoms with E-state index in [1.807, 2.05) is 0 Å². The molecule has 0 aliphatic carbocycles. The van der Waals surface area contributed by atoms with Gasteiger partial charge in [-0.25, -0.2) is 14.4 Å². The summed E-state index contributed by atoms with van der Waals surface area (Å²) in [4.78, 5) is 17.7. The van der Waals surface area contributed by atoms with E-state index < -0.39 is 10.7 Å². The molecule has 0 saturated heterocycles. The highest BCUT2D eigenvalue weighted by Gasteiger charge is 2.16. The number of nitrogens with zero attached hydrogens (tertiary/aromatic N) is 3. The first-order valence-corrected chi connectivity index (χ1v) is 4.39. The molecule has 2 aromatic rings. The summed E-state index contributed by atoms with van der Waals surface area (Å²) in [6, 6.07) is 4.89. The van der Waals surface area contributed by atoms with Crippen molar-refractivity contribution in [1.82, 2.24) is 9.97 Å². The van der Waals surface area contributed by atoms with Crippen molar-refractivity contribution in [3.05, 3.63) is 52.7 Å². The van der Waals surface area contributed by atoms with Gasteiger partial charge in [-0.2, -0.15) is 0 Å². The standard InChI is InChI=1S/C10H6FN3O2/c11-7-1-2-8(10(5-7)14(15)16)9-3-4-12-6-13-9/h1-6H. The lowest BCUT2D eigenvalue weighted by Crippen LogP contribution is -1.94. The van der Waals surface area contributed by atoms with E-state index in [1.165, 1.54) is 24.7 Å². The Morgan fingerprint density at radius 1 is 1.31 bits per heavy atom. The van der Waals surface area contributed by atoms with Gasteiger partial charge in [0.2, 0.25) is 0 Å². The quantitative estimate of drug-likeness (QED) is 0.573. The molecule has 0 atom stereocenters. The van der Waals surface area contributed by atoms with Gasteiger partial charge in [0.25, 0.3) is 5.69 Å². The van der Waals surface area contributed by atoms with Crippen LogP contribution in [-0.2, 0) is 0 Å².